The largest absolute Gasteiger partial charge is 0.395 e. The summed E-state index contributed by atoms with van der Waals surface area (Å²) in [5, 5.41) is 36.6. The highest BCUT2D eigenvalue weighted by molar-refractivity contribution is 5.89. The number of hydrogen-bond acceptors (Lipinski definition) is 10. The second kappa shape index (κ2) is 12.2. The first kappa shape index (κ1) is 28.6. The van der Waals surface area contributed by atoms with E-state index < -0.39 is 24.5 Å². The Morgan fingerprint density at radius 1 is 1.13 bits per heavy atom. The van der Waals surface area contributed by atoms with Crippen LogP contribution in [0, 0.1) is 0 Å². The monoisotopic (exact) mass is 542 g/mol. The molecule has 1 saturated heterocycles. The van der Waals surface area contributed by atoms with Gasteiger partial charge in [-0.2, -0.15) is 0 Å². The molecule has 13 nitrogen and oxygen atoms in total. The highest BCUT2D eigenvalue weighted by atomic mass is 16.6. The maximum Gasteiger partial charge on any atom is 0.319 e. The summed E-state index contributed by atoms with van der Waals surface area (Å²) in [7, 11) is 0. The molecule has 212 valence electrons. The fraction of sp³-hybridized carbons (Fsp3) is 0.538. The van der Waals surface area contributed by atoms with Gasteiger partial charge in [-0.1, -0.05) is 32.9 Å². The van der Waals surface area contributed by atoms with E-state index in [1.165, 1.54) is 22.8 Å². The van der Waals surface area contributed by atoms with Crippen LogP contribution in [0.4, 0.5) is 16.3 Å². The SMILES string of the molecule is CC(C)(C)c1ccc(NC(=O)NCCCN(CCO)C[C@H]2O[C@@H](n3cnc4c(N)ncnc43)[C@H](O)[C@H]2O)cc1. The number of carbonyl (C=O) groups excluding carboxylic acids is 1. The number of nitrogens with two attached hydrogens (primary N) is 1. The van der Waals surface area contributed by atoms with Gasteiger partial charge in [0, 0.05) is 31.9 Å². The van der Waals surface area contributed by atoms with Gasteiger partial charge in [0.25, 0.3) is 0 Å². The van der Waals surface area contributed by atoms with Crippen molar-refractivity contribution in [1.29, 1.82) is 0 Å². The second-order valence-electron chi connectivity index (χ2n) is 10.7. The Balaban J connectivity index is 1.27. The number of aliphatic hydroxyl groups excluding tert-OH is 3. The lowest BCUT2D eigenvalue weighted by Crippen LogP contribution is -2.42. The zero-order chi connectivity index (χ0) is 28.2. The van der Waals surface area contributed by atoms with Gasteiger partial charge in [0.1, 0.15) is 30.2 Å². The standard InChI is InChI=1S/C26H38N8O5/c1-26(2,3)16-5-7-17(8-6-16)32-25(38)28-9-4-10-33(11-12-35)13-18-20(36)21(37)24(39-18)34-15-31-19-22(27)29-14-30-23(19)34/h5-8,14-15,18,20-21,24,35-37H,4,9-13H2,1-3H3,(H2,27,29,30)(H2,28,32,38)/t18-,20+,21-,24-/m1/s1. The van der Waals surface area contributed by atoms with Crippen LogP contribution in [0.5, 0.6) is 0 Å². The van der Waals surface area contributed by atoms with Crippen LogP contribution in [0.25, 0.3) is 11.2 Å². The molecular formula is C26H38N8O5. The molecule has 39 heavy (non-hydrogen) atoms. The van der Waals surface area contributed by atoms with E-state index >= 15 is 0 Å². The molecule has 0 spiro atoms. The van der Waals surface area contributed by atoms with E-state index in [2.05, 4.69) is 46.4 Å². The lowest BCUT2D eigenvalue weighted by molar-refractivity contribution is -0.0451. The number of carbonyl (C=O) groups is 1. The van der Waals surface area contributed by atoms with Crippen LogP contribution in [0.1, 0.15) is 39.0 Å². The summed E-state index contributed by atoms with van der Waals surface area (Å²) < 4.78 is 7.54. The quantitative estimate of drug-likeness (QED) is 0.201. The van der Waals surface area contributed by atoms with Crippen LogP contribution in [0.15, 0.2) is 36.9 Å². The lowest BCUT2D eigenvalue weighted by Gasteiger charge is -2.26. The second-order valence-corrected chi connectivity index (χ2v) is 10.7. The van der Waals surface area contributed by atoms with Gasteiger partial charge in [0.2, 0.25) is 0 Å². The van der Waals surface area contributed by atoms with Crippen molar-refractivity contribution < 1.29 is 24.9 Å². The first-order valence-electron chi connectivity index (χ1n) is 13.0. The molecule has 1 aliphatic rings. The van der Waals surface area contributed by atoms with E-state index in [4.69, 9.17) is 10.5 Å². The third-order valence-corrected chi connectivity index (χ3v) is 6.80. The molecule has 2 aromatic heterocycles. The summed E-state index contributed by atoms with van der Waals surface area (Å²) in [6, 6.07) is 7.46. The fourth-order valence-corrected chi connectivity index (χ4v) is 4.59. The molecule has 0 bridgehead atoms. The molecule has 3 aromatic rings. The number of rotatable bonds is 10. The molecule has 7 N–H and O–H groups in total. The Hall–Kier alpha value is -3.36. The molecule has 0 aliphatic carbocycles. The first-order chi connectivity index (χ1) is 18.6. The van der Waals surface area contributed by atoms with Gasteiger partial charge in [-0.25, -0.2) is 19.7 Å². The van der Waals surface area contributed by atoms with Crippen molar-refractivity contribution in [1.82, 2.24) is 29.7 Å². The minimum Gasteiger partial charge on any atom is -0.395 e. The van der Waals surface area contributed by atoms with Crippen LogP contribution in [-0.4, -0.2) is 96.9 Å². The summed E-state index contributed by atoms with van der Waals surface area (Å²) in [5.74, 6) is 0.207. The van der Waals surface area contributed by atoms with Crippen LogP contribution >= 0.6 is 0 Å². The predicted molar refractivity (Wildman–Crippen MR) is 146 cm³/mol. The fourth-order valence-electron chi connectivity index (χ4n) is 4.59. The van der Waals surface area contributed by atoms with Crippen molar-refractivity contribution in [3.05, 3.63) is 42.5 Å². The van der Waals surface area contributed by atoms with Gasteiger partial charge in [-0.05, 0) is 29.5 Å². The molecule has 13 heteroatoms. The Bertz CT molecular complexity index is 1250. The molecular weight excluding hydrogens is 504 g/mol. The van der Waals surface area contributed by atoms with Gasteiger partial charge in [-0.15, -0.1) is 0 Å². The first-order valence-corrected chi connectivity index (χ1v) is 13.0. The third kappa shape index (κ3) is 6.81. The van der Waals surface area contributed by atoms with Crippen LogP contribution in [0.3, 0.4) is 0 Å². The Morgan fingerprint density at radius 3 is 2.56 bits per heavy atom. The number of nitrogen functional groups attached to an aromatic ring is 1. The molecule has 4 atom stereocenters. The Morgan fingerprint density at radius 2 is 1.87 bits per heavy atom. The van der Waals surface area contributed by atoms with Crippen molar-refractivity contribution in [3.8, 4) is 0 Å². The number of amides is 2. The van der Waals surface area contributed by atoms with Crippen molar-refractivity contribution in [2.24, 2.45) is 0 Å². The number of nitrogens with one attached hydrogen (secondary N) is 2. The van der Waals surface area contributed by atoms with E-state index in [0.29, 0.717) is 42.9 Å². The molecule has 1 fully saturated rings. The number of urea groups is 1. The van der Waals surface area contributed by atoms with Crippen LogP contribution < -0.4 is 16.4 Å². The molecule has 0 radical (unpaired) electrons. The minimum atomic E-state index is -1.22. The maximum atomic E-state index is 12.3. The molecule has 0 unspecified atom stereocenters. The third-order valence-electron chi connectivity index (χ3n) is 6.80. The van der Waals surface area contributed by atoms with Crippen molar-refractivity contribution in [2.45, 2.75) is 57.1 Å². The molecule has 4 rings (SSSR count). The van der Waals surface area contributed by atoms with Gasteiger partial charge >= 0.3 is 6.03 Å². The smallest absolute Gasteiger partial charge is 0.319 e. The maximum absolute atomic E-state index is 12.3. The Labute approximate surface area is 227 Å². The van der Waals surface area contributed by atoms with Crippen molar-refractivity contribution in [3.63, 3.8) is 0 Å². The minimum absolute atomic E-state index is 0.0388. The average Bonchev–Trinajstić information content (AvgIpc) is 3.44. The highest BCUT2D eigenvalue weighted by Crippen LogP contribution is 2.32. The number of hydrogen-bond donors (Lipinski definition) is 6. The number of imidazole rings is 1. The number of nitrogens with zero attached hydrogens (tertiary/aromatic N) is 5. The number of aliphatic hydroxyl groups is 3. The molecule has 3 heterocycles. The van der Waals surface area contributed by atoms with Gasteiger partial charge in [0.15, 0.2) is 17.7 Å². The Kier molecular flexibility index (Phi) is 8.97. The van der Waals surface area contributed by atoms with Crippen molar-refractivity contribution >= 4 is 28.7 Å². The molecule has 0 saturated carbocycles. The number of fused-ring (bicyclic) bond motifs is 1. The number of aromatic nitrogens is 4. The summed E-state index contributed by atoms with van der Waals surface area (Å²) in [4.78, 5) is 26.5. The van der Waals surface area contributed by atoms with E-state index in [9.17, 15) is 20.1 Å². The van der Waals surface area contributed by atoms with E-state index in [-0.39, 0.29) is 30.4 Å². The normalized spacial score (nSPS) is 21.5. The van der Waals surface area contributed by atoms with Gasteiger partial charge in [-0.3, -0.25) is 9.47 Å². The topological polar surface area (TPSA) is 184 Å². The lowest BCUT2D eigenvalue weighted by atomic mass is 9.87. The van der Waals surface area contributed by atoms with Crippen LogP contribution in [-0.2, 0) is 10.2 Å². The highest BCUT2D eigenvalue weighted by Gasteiger charge is 2.44. The summed E-state index contributed by atoms with van der Waals surface area (Å²) in [5.41, 5.74) is 8.56. The zero-order valence-corrected chi connectivity index (χ0v) is 22.5. The summed E-state index contributed by atoms with van der Waals surface area (Å²) in [6.07, 6.45) is -0.675. The molecule has 1 aliphatic heterocycles. The van der Waals surface area contributed by atoms with E-state index in [0.717, 1.165) is 0 Å². The summed E-state index contributed by atoms with van der Waals surface area (Å²) in [6.45, 7) is 7.88. The van der Waals surface area contributed by atoms with Crippen molar-refractivity contribution in [2.75, 3.05) is 43.8 Å². The van der Waals surface area contributed by atoms with E-state index in [1.54, 1.807) is 0 Å². The molecule has 1 aromatic carbocycles. The van der Waals surface area contributed by atoms with E-state index in [1.807, 2.05) is 29.2 Å². The van der Waals surface area contributed by atoms with Gasteiger partial charge < -0.3 is 36.4 Å². The average molecular weight is 543 g/mol. The predicted octanol–water partition coefficient (Wildman–Crippen LogP) is 0.831. The number of ether oxygens (including phenoxy) is 1. The van der Waals surface area contributed by atoms with Gasteiger partial charge in [0.05, 0.1) is 12.9 Å². The number of benzene rings is 1. The zero-order valence-electron chi connectivity index (χ0n) is 22.5. The summed E-state index contributed by atoms with van der Waals surface area (Å²) >= 11 is 0. The molecule has 2 amide bonds. The van der Waals surface area contributed by atoms with Crippen LogP contribution in [0.2, 0.25) is 0 Å². The number of anilines is 2.